The number of anilines is 1. The van der Waals surface area contributed by atoms with Gasteiger partial charge in [0.1, 0.15) is 5.76 Å². The molecule has 0 saturated carbocycles. The molecule has 0 unspecified atom stereocenters. The predicted molar refractivity (Wildman–Crippen MR) is 117 cm³/mol. The number of hydrogen-bond acceptors (Lipinski definition) is 5. The van der Waals surface area contributed by atoms with Crippen molar-refractivity contribution in [1.29, 1.82) is 0 Å². The van der Waals surface area contributed by atoms with Crippen LogP contribution >= 0.6 is 27.7 Å². The third-order valence-electron chi connectivity index (χ3n) is 4.16. The second-order valence-electron chi connectivity index (χ2n) is 6.23. The summed E-state index contributed by atoms with van der Waals surface area (Å²) < 4.78 is 7.82. The Morgan fingerprint density at radius 3 is 2.79 bits per heavy atom. The summed E-state index contributed by atoms with van der Waals surface area (Å²) in [5.41, 5.74) is 1.13. The van der Waals surface area contributed by atoms with E-state index in [1.54, 1.807) is 36.6 Å². The highest BCUT2D eigenvalue weighted by atomic mass is 79.9. The monoisotopic (exact) mass is 469 g/mol. The number of halogens is 1. The third kappa shape index (κ3) is 4.60. The van der Waals surface area contributed by atoms with Gasteiger partial charge in [0.05, 0.1) is 29.5 Å². The van der Waals surface area contributed by atoms with E-state index in [1.807, 2.05) is 30.3 Å². The van der Waals surface area contributed by atoms with Crippen molar-refractivity contribution in [3.05, 3.63) is 87.5 Å². The summed E-state index contributed by atoms with van der Waals surface area (Å²) >= 11 is 4.60. The minimum Gasteiger partial charge on any atom is -0.467 e. The lowest BCUT2D eigenvalue weighted by Gasteiger charge is -2.12. The van der Waals surface area contributed by atoms with Crippen molar-refractivity contribution in [2.24, 2.45) is 0 Å². The van der Waals surface area contributed by atoms with Gasteiger partial charge in [0, 0.05) is 10.2 Å². The predicted octanol–water partition coefficient (Wildman–Crippen LogP) is 4.53. The maximum atomic E-state index is 13.0. The molecule has 2 aromatic carbocycles. The maximum Gasteiger partial charge on any atom is 0.262 e. The lowest BCUT2D eigenvalue weighted by molar-refractivity contribution is -0.113. The summed E-state index contributed by atoms with van der Waals surface area (Å²) in [6.07, 6.45) is 1.56. The number of carbonyl (C=O) groups is 1. The summed E-state index contributed by atoms with van der Waals surface area (Å²) in [6, 6.07) is 18.1. The summed E-state index contributed by atoms with van der Waals surface area (Å²) in [6.45, 7) is 0.249. The van der Waals surface area contributed by atoms with Crippen molar-refractivity contribution in [3.63, 3.8) is 0 Å². The minimum absolute atomic E-state index is 0.120. The number of nitrogens with one attached hydrogen (secondary N) is 1. The lowest BCUT2D eigenvalue weighted by Crippen LogP contribution is -2.24. The van der Waals surface area contributed by atoms with Crippen LogP contribution < -0.4 is 10.9 Å². The number of amides is 1. The van der Waals surface area contributed by atoms with Crippen molar-refractivity contribution in [2.75, 3.05) is 11.1 Å². The molecule has 6 nitrogen and oxygen atoms in total. The molecule has 29 heavy (non-hydrogen) atoms. The quantitative estimate of drug-likeness (QED) is 0.331. The minimum atomic E-state index is -0.181. The zero-order valence-corrected chi connectivity index (χ0v) is 17.6. The van der Waals surface area contributed by atoms with Crippen molar-refractivity contribution in [1.82, 2.24) is 9.55 Å². The fourth-order valence-electron chi connectivity index (χ4n) is 2.85. The van der Waals surface area contributed by atoms with Crippen LogP contribution in [-0.2, 0) is 11.3 Å². The molecule has 0 saturated heterocycles. The van der Waals surface area contributed by atoms with Crippen LogP contribution in [0.2, 0.25) is 0 Å². The highest BCUT2D eigenvalue weighted by Crippen LogP contribution is 2.20. The standard InChI is InChI=1S/C21H16BrN3O3S/c22-14-5-3-6-15(11-14)23-19(26)13-29-21-24-18-9-2-1-8-17(18)20(27)25(21)12-16-7-4-10-28-16/h1-11H,12-13H2,(H,23,26). The van der Waals surface area contributed by atoms with Gasteiger partial charge >= 0.3 is 0 Å². The van der Waals surface area contributed by atoms with Gasteiger partial charge in [-0.2, -0.15) is 0 Å². The molecule has 146 valence electrons. The van der Waals surface area contributed by atoms with Crippen LogP contribution in [0.4, 0.5) is 5.69 Å². The first-order valence-electron chi connectivity index (χ1n) is 8.80. The Labute approximate surface area is 179 Å². The van der Waals surface area contributed by atoms with Gasteiger partial charge in [-0.25, -0.2) is 4.98 Å². The van der Waals surface area contributed by atoms with Gasteiger partial charge < -0.3 is 9.73 Å². The molecule has 0 atom stereocenters. The Hall–Kier alpha value is -2.84. The van der Waals surface area contributed by atoms with E-state index < -0.39 is 0 Å². The van der Waals surface area contributed by atoms with Crippen molar-refractivity contribution in [3.8, 4) is 0 Å². The second-order valence-corrected chi connectivity index (χ2v) is 8.09. The number of para-hydroxylation sites is 1. The first-order valence-corrected chi connectivity index (χ1v) is 10.6. The number of furan rings is 1. The average Bonchev–Trinajstić information content (AvgIpc) is 3.22. The molecule has 4 rings (SSSR count). The van der Waals surface area contributed by atoms with Crippen LogP contribution in [0.15, 0.2) is 85.8 Å². The lowest BCUT2D eigenvalue weighted by atomic mass is 10.2. The van der Waals surface area contributed by atoms with Crippen LogP contribution in [0.25, 0.3) is 10.9 Å². The summed E-state index contributed by atoms with van der Waals surface area (Å²) in [5, 5.41) is 3.84. The van der Waals surface area contributed by atoms with Crippen molar-refractivity contribution < 1.29 is 9.21 Å². The summed E-state index contributed by atoms with van der Waals surface area (Å²) in [7, 11) is 0. The third-order valence-corrected chi connectivity index (χ3v) is 5.63. The highest BCUT2D eigenvalue weighted by molar-refractivity contribution is 9.10. The van der Waals surface area contributed by atoms with Crippen LogP contribution in [0.1, 0.15) is 5.76 Å². The van der Waals surface area contributed by atoms with Crippen LogP contribution in [0.5, 0.6) is 0 Å². The molecule has 0 aliphatic rings. The van der Waals surface area contributed by atoms with Gasteiger partial charge in [0.2, 0.25) is 5.91 Å². The molecule has 0 radical (unpaired) electrons. The maximum absolute atomic E-state index is 13.0. The van der Waals surface area contributed by atoms with E-state index in [0.29, 0.717) is 27.5 Å². The molecule has 1 amide bonds. The molecular weight excluding hydrogens is 454 g/mol. The fourth-order valence-corrected chi connectivity index (χ4v) is 4.05. The number of benzene rings is 2. The number of carbonyl (C=O) groups excluding carboxylic acids is 1. The number of rotatable bonds is 6. The van der Waals surface area contributed by atoms with Gasteiger partial charge in [-0.3, -0.25) is 14.2 Å². The fraction of sp³-hybridized carbons (Fsp3) is 0.0952. The molecule has 0 fully saturated rings. The average molecular weight is 470 g/mol. The first kappa shape index (κ1) is 19.5. The normalized spacial score (nSPS) is 10.9. The van der Waals surface area contributed by atoms with E-state index >= 15 is 0 Å². The number of hydrogen-bond donors (Lipinski definition) is 1. The van der Waals surface area contributed by atoms with E-state index in [0.717, 1.165) is 4.47 Å². The molecule has 0 bridgehead atoms. The Morgan fingerprint density at radius 1 is 1.14 bits per heavy atom. The molecule has 0 aliphatic heterocycles. The molecule has 2 heterocycles. The molecule has 4 aromatic rings. The van der Waals surface area contributed by atoms with Gasteiger partial charge in [-0.1, -0.05) is 45.9 Å². The first-order chi connectivity index (χ1) is 14.1. The van der Waals surface area contributed by atoms with Gasteiger partial charge in [0.15, 0.2) is 5.16 Å². The Bertz CT molecular complexity index is 1220. The smallest absolute Gasteiger partial charge is 0.262 e. The van der Waals surface area contributed by atoms with Crippen molar-refractivity contribution >= 4 is 50.2 Å². The SMILES string of the molecule is O=C(CSc1nc2ccccc2c(=O)n1Cc1ccco1)Nc1cccc(Br)c1. The Morgan fingerprint density at radius 2 is 2.00 bits per heavy atom. The zero-order valence-electron chi connectivity index (χ0n) is 15.2. The van der Waals surface area contributed by atoms with Gasteiger partial charge in [-0.15, -0.1) is 0 Å². The van der Waals surface area contributed by atoms with Crippen LogP contribution in [0, 0.1) is 0 Å². The molecule has 0 spiro atoms. The Balaban J connectivity index is 1.59. The zero-order chi connectivity index (χ0) is 20.2. The van der Waals surface area contributed by atoms with E-state index in [2.05, 4.69) is 26.2 Å². The van der Waals surface area contributed by atoms with Crippen molar-refractivity contribution in [2.45, 2.75) is 11.7 Å². The number of aromatic nitrogens is 2. The summed E-state index contributed by atoms with van der Waals surface area (Å²) in [5.74, 6) is 0.583. The molecule has 1 N–H and O–H groups in total. The topological polar surface area (TPSA) is 77.1 Å². The Kier molecular flexibility index (Phi) is 5.82. The molecular formula is C21H16BrN3O3S. The van der Waals surface area contributed by atoms with E-state index in [1.165, 1.54) is 16.3 Å². The second kappa shape index (κ2) is 8.67. The van der Waals surface area contributed by atoms with Crippen LogP contribution in [-0.4, -0.2) is 21.2 Å². The number of thioether (sulfide) groups is 1. The van der Waals surface area contributed by atoms with Gasteiger partial charge in [-0.05, 0) is 42.5 Å². The van der Waals surface area contributed by atoms with Crippen LogP contribution in [0.3, 0.4) is 0 Å². The van der Waals surface area contributed by atoms with E-state index in [-0.39, 0.29) is 23.8 Å². The largest absolute Gasteiger partial charge is 0.467 e. The number of fused-ring (bicyclic) bond motifs is 1. The van der Waals surface area contributed by atoms with E-state index in [4.69, 9.17) is 4.42 Å². The van der Waals surface area contributed by atoms with E-state index in [9.17, 15) is 9.59 Å². The van der Waals surface area contributed by atoms with Gasteiger partial charge in [0.25, 0.3) is 5.56 Å². The summed E-state index contributed by atoms with van der Waals surface area (Å²) in [4.78, 5) is 30.0. The number of nitrogens with zero attached hydrogens (tertiary/aromatic N) is 2. The highest BCUT2D eigenvalue weighted by Gasteiger charge is 2.14. The molecule has 0 aliphatic carbocycles. The molecule has 8 heteroatoms. The molecule has 2 aromatic heterocycles.